The van der Waals surface area contributed by atoms with Gasteiger partial charge in [0.1, 0.15) is 5.82 Å². The molecule has 0 saturated heterocycles. The molecule has 1 N–H and O–H groups in total. The van der Waals surface area contributed by atoms with E-state index in [4.69, 9.17) is 23.2 Å². The predicted octanol–water partition coefficient (Wildman–Crippen LogP) is 5.30. The molecule has 0 heterocycles. The van der Waals surface area contributed by atoms with E-state index < -0.39 is 0 Å². The molecule has 0 radical (unpaired) electrons. The molecule has 4 heteroatoms. The fourth-order valence-corrected chi connectivity index (χ4v) is 2.43. The molecule has 0 aliphatic rings. The Kier molecular flexibility index (Phi) is 5.03. The Bertz CT molecular complexity index is 611. The number of benzene rings is 2. The van der Waals surface area contributed by atoms with Crippen molar-refractivity contribution in [3.63, 3.8) is 0 Å². The third-order valence-electron chi connectivity index (χ3n) is 2.97. The minimum Gasteiger partial charge on any atom is -0.310 e. The van der Waals surface area contributed by atoms with Crippen LogP contribution in [0.25, 0.3) is 11.1 Å². The second-order valence-electron chi connectivity index (χ2n) is 4.97. The molecule has 0 unspecified atom stereocenters. The molecular formula is C16H16Cl2FN. The van der Waals surface area contributed by atoms with Crippen LogP contribution in [0, 0.1) is 5.82 Å². The number of halogens is 3. The summed E-state index contributed by atoms with van der Waals surface area (Å²) < 4.78 is 14.0. The largest absolute Gasteiger partial charge is 0.310 e. The van der Waals surface area contributed by atoms with Gasteiger partial charge in [0.15, 0.2) is 0 Å². The van der Waals surface area contributed by atoms with Crippen LogP contribution >= 0.6 is 23.2 Å². The SMILES string of the molecule is CC(C)NCc1ccc(F)c(-c2ccc(Cl)cc2Cl)c1. The first-order valence-electron chi connectivity index (χ1n) is 6.44. The van der Waals surface area contributed by atoms with Crippen LogP contribution in [-0.4, -0.2) is 6.04 Å². The van der Waals surface area contributed by atoms with Gasteiger partial charge in [-0.15, -0.1) is 0 Å². The summed E-state index contributed by atoms with van der Waals surface area (Å²) in [5.74, 6) is -0.289. The van der Waals surface area contributed by atoms with Crippen LogP contribution in [0.5, 0.6) is 0 Å². The molecule has 0 aromatic heterocycles. The van der Waals surface area contributed by atoms with Crippen LogP contribution in [0.4, 0.5) is 4.39 Å². The summed E-state index contributed by atoms with van der Waals surface area (Å²) in [6.07, 6.45) is 0. The number of rotatable bonds is 4. The lowest BCUT2D eigenvalue weighted by molar-refractivity contribution is 0.586. The maximum absolute atomic E-state index is 14.0. The van der Waals surface area contributed by atoms with E-state index >= 15 is 0 Å². The monoisotopic (exact) mass is 311 g/mol. The summed E-state index contributed by atoms with van der Waals surface area (Å²) in [7, 11) is 0. The van der Waals surface area contributed by atoms with Crippen LogP contribution in [0.3, 0.4) is 0 Å². The van der Waals surface area contributed by atoms with Crippen molar-refractivity contribution in [3.8, 4) is 11.1 Å². The summed E-state index contributed by atoms with van der Waals surface area (Å²) in [6, 6.07) is 10.5. The smallest absolute Gasteiger partial charge is 0.131 e. The standard InChI is InChI=1S/C16H16Cl2FN/c1-10(2)20-9-11-3-6-16(19)14(7-11)13-5-4-12(17)8-15(13)18/h3-8,10,20H,9H2,1-2H3. The van der Waals surface area contributed by atoms with Crippen molar-refractivity contribution in [1.82, 2.24) is 5.32 Å². The highest BCUT2D eigenvalue weighted by Crippen LogP contribution is 2.32. The van der Waals surface area contributed by atoms with Crippen molar-refractivity contribution in [1.29, 1.82) is 0 Å². The lowest BCUT2D eigenvalue weighted by atomic mass is 10.0. The highest BCUT2D eigenvalue weighted by atomic mass is 35.5. The van der Waals surface area contributed by atoms with Crippen molar-refractivity contribution >= 4 is 23.2 Å². The van der Waals surface area contributed by atoms with Gasteiger partial charge in [-0.05, 0) is 29.8 Å². The summed E-state index contributed by atoms with van der Waals surface area (Å²) >= 11 is 12.0. The van der Waals surface area contributed by atoms with Crippen molar-refractivity contribution < 1.29 is 4.39 Å². The van der Waals surface area contributed by atoms with Crippen LogP contribution in [-0.2, 0) is 6.54 Å². The molecule has 106 valence electrons. The first-order chi connectivity index (χ1) is 9.47. The van der Waals surface area contributed by atoms with Crippen molar-refractivity contribution in [2.75, 3.05) is 0 Å². The zero-order valence-corrected chi connectivity index (χ0v) is 12.9. The van der Waals surface area contributed by atoms with Crippen LogP contribution in [0.1, 0.15) is 19.4 Å². The molecule has 0 spiro atoms. The average Bonchev–Trinajstić information content (AvgIpc) is 2.38. The number of nitrogens with one attached hydrogen (secondary N) is 1. The van der Waals surface area contributed by atoms with E-state index in [0.29, 0.717) is 33.8 Å². The normalized spacial score (nSPS) is 11.1. The van der Waals surface area contributed by atoms with Gasteiger partial charge in [0, 0.05) is 33.8 Å². The molecule has 0 saturated carbocycles. The van der Waals surface area contributed by atoms with Gasteiger partial charge in [0.2, 0.25) is 0 Å². The summed E-state index contributed by atoms with van der Waals surface area (Å²) in [5, 5.41) is 4.30. The van der Waals surface area contributed by atoms with Gasteiger partial charge in [-0.25, -0.2) is 4.39 Å². The molecule has 2 aromatic rings. The van der Waals surface area contributed by atoms with Gasteiger partial charge in [-0.3, -0.25) is 0 Å². The third kappa shape index (κ3) is 3.72. The molecule has 0 aliphatic carbocycles. The van der Waals surface area contributed by atoms with E-state index in [1.165, 1.54) is 6.07 Å². The van der Waals surface area contributed by atoms with Crippen molar-refractivity contribution in [3.05, 3.63) is 57.8 Å². The molecule has 2 aromatic carbocycles. The minimum atomic E-state index is -0.289. The van der Waals surface area contributed by atoms with Crippen LogP contribution in [0.15, 0.2) is 36.4 Å². The van der Waals surface area contributed by atoms with Gasteiger partial charge in [0.05, 0.1) is 0 Å². The molecular weight excluding hydrogens is 296 g/mol. The third-order valence-corrected chi connectivity index (χ3v) is 3.51. The molecule has 0 fully saturated rings. The van der Waals surface area contributed by atoms with Crippen molar-refractivity contribution in [2.24, 2.45) is 0 Å². The molecule has 2 rings (SSSR count). The first-order valence-corrected chi connectivity index (χ1v) is 7.20. The Balaban J connectivity index is 2.37. The van der Waals surface area contributed by atoms with Gasteiger partial charge >= 0.3 is 0 Å². The lowest BCUT2D eigenvalue weighted by Crippen LogP contribution is -2.21. The van der Waals surface area contributed by atoms with Gasteiger partial charge in [-0.2, -0.15) is 0 Å². The average molecular weight is 312 g/mol. The van der Waals surface area contributed by atoms with Gasteiger partial charge in [0.25, 0.3) is 0 Å². The van der Waals surface area contributed by atoms with Gasteiger partial charge in [-0.1, -0.05) is 49.2 Å². The fourth-order valence-electron chi connectivity index (χ4n) is 1.92. The first kappa shape index (κ1) is 15.3. The Morgan fingerprint density at radius 2 is 1.80 bits per heavy atom. The topological polar surface area (TPSA) is 12.0 Å². The van der Waals surface area contributed by atoms with Gasteiger partial charge < -0.3 is 5.32 Å². The highest BCUT2D eigenvalue weighted by Gasteiger charge is 2.10. The molecule has 0 aliphatic heterocycles. The quantitative estimate of drug-likeness (QED) is 0.808. The van der Waals surface area contributed by atoms with E-state index in [0.717, 1.165) is 5.56 Å². The fraction of sp³-hybridized carbons (Fsp3) is 0.250. The highest BCUT2D eigenvalue weighted by molar-refractivity contribution is 6.36. The molecule has 0 atom stereocenters. The van der Waals surface area contributed by atoms with E-state index in [1.807, 2.05) is 6.07 Å². The van der Waals surface area contributed by atoms with E-state index in [9.17, 15) is 4.39 Å². The Morgan fingerprint density at radius 3 is 2.45 bits per heavy atom. The number of hydrogen-bond donors (Lipinski definition) is 1. The molecule has 0 bridgehead atoms. The maximum Gasteiger partial charge on any atom is 0.131 e. The minimum absolute atomic E-state index is 0.289. The molecule has 20 heavy (non-hydrogen) atoms. The van der Waals surface area contributed by atoms with E-state index in [-0.39, 0.29) is 5.82 Å². The Labute approximate surface area is 128 Å². The Morgan fingerprint density at radius 1 is 1.05 bits per heavy atom. The summed E-state index contributed by atoms with van der Waals surface area (Å²) in [5.41, 5.74) is 2.16. The second-order valence-corrected chi connectivity index (χ2v) is 5.82. The lowest BCUT2D eigenvalue weighted by Gasteiger charge is -2.11. The van der Waals surface area contributed by atoms with Crippen LogP contribution < -0.4 is 5.32 Å². The molecule has 0 amide bonds. The Hall–Kier alpha value is -1.09. The zero-order chi connectivity index (χ0) is 14.7. The predicted molar refractivity (Wildman–Crippen MR) is 83.8 cm³/mol. The molecule has 1 nitrogen and oxygen atoms in total. The maximum atomic E-state index is 14.0. The van der Waals surface area contributed by atoms with E-state index in [1.54, 1.807) is 24.3 Å². The zero-order valence-electron chi connectivity index (χ0n) is 11.4. The summed E-state index contributed by atoms with van der Waals surface area (Å²) in [6.45, 7) is 4.83. The second kappa shape index (κ2) is 6.57. The van der Waals surface area contributed by atoms with Crippen molar-refractivity contribution in [2.45, 2.75) is 26.4 Å². The number of hydrogen-bond acceptors (Lipinski definition) is 1. The van der Waals surface area contributed by atoms with Crippen LogP contribution in [0.2, 0.25) is 10.0 Å². The van der Waals surface area contributed by atoms with E-state index in [2.05, 4.69) is 19.2 Å². The summed E-state index contributed by atoms with van der Waals surface area (Å²) in [4.78, 5) is 0.